The SMILES string of the molecule is Cc1nc(N2CCc3ccccc32)ccc1N. The van der Waals surface area contributed by atoms with Crippen molar-refractivity contribution in [1.82, 2.24) is 4.98 Å². The van der Waals surface area contributed by atoms with Gasteiger partial charge in [0.1, 0.15) is 5.82 Å². The molecule has 2 heterocycles. The van der Waals surface area contributed by atoms with Gasteiger partial charge in [-0.1, -0.05) is 18.2 Å². The fourth-order valence-corrected chi connectivity index (χ4v) is 2.29. The number of benzene rings is 1. The number of nitrogens with zero attached hydrogens (tertiary/aromatic N) is 2. The van der Waals surface area contributed by atoms with Gasteiger partial charge in [-0.3, -0.25) is 0 Å². The van der Waals surface area contributed by atoms with Crippen LogP contribution < -0.4 is 10.6 Å². The van der Waals surface area contributed by atoms with Crippen molar-refractivity contribution in [2.75, 3.05) is 17.2 Å². The lowest BCUT2D eigenvalue weighted by Gasteiger charge is -2.19. The Bertz CT molecular complexity index is 563. The van der Waals surface area contributed by atoms with E-state index in [0.29, 0.717) is 0 Å². The van der Waals surface area contributed by atoms with Gasteiger partial charge in [-0.05, 0) is 37.1 Å². The molecule has 3 heteroatoms. The van der Waals surface area contributed by atoms with Gasteiger partial charge in [0.15, 0.2) is 0 Å². The van der Waals surface area contributed by atoms with Crippen molar-refractivity contribution in [3.05, 3.63) is 47.7 Å². The maximum Gasteiger partial charge on any atom is 0.133 e. The number of aryl methyl sites for hydroxylation is 1. The van der Waals surface area contributed by atoms with E-state index < -0.39 is 0 Å². The van der Waals surface area contributed by atoms with E-state index in [1.54, 1.807) is 0 Å². The van der Waals surface area contributed by atoms with Gasteiger partial charge < -0.3 is 10.6 Å². The highest BCUT2D eigenvalue weighted by molar-refractivity contribution is 5.68. The van der Waals surface area contributed by atoms with Gasteiger partial charge in [-0.25, -0.2) is 4.98 Å². The van der Waals surface area contributed by atoms with Crippen molar-refractivity contribution >= 4 is 17.2 Å². The Morgan fingerprint density at radius 1 is 1.18 bits per heavy atom. The number of nitrogens with two attached hydrogens (primary N) is 1. The molecule has 1 aliphatic heterocycles. The number of para-hydroxylation sites is 1. The third-order valence-corrected chi connectivity index (χ3v) is 3.28. The molecule has 0 saturated heterocycles. The molecule has 2 aromatic rings. The van der Waals surface area contributed by atoms with E-state index in [0.717, 1.165) is 30.2 Å². The molecule has 2 N–H and O–H groups in total. The van der Waals surface area contributed by atoms with Crippen LogP contribution in [0.2, 0.25) is 0 Å². The van der Waals surface area contributed by atoms with E-state index in [4.69, 9.17) is 5.73 Å². The van der Waals surface area contributed by atoms with Crippen molar-refractivity contribution < 1.29 is 0 Å². The molecule has 1 aliphatic rings. The van der Waals surface area contributed by atoms with E-state index in [-0.39, 0.29) is 0 Å². The first-order valence-corrected chi connectivity index (χ1v) is 5.84. The lowest BCUT2D eigenvalue weighted by atomic mass is 10.2. The van der Waals surface area contributed by atoms with E-state index in [2.05, 4.69) is 34.1 Å². The largest absolute Gasteiger partial charge is 0.397 e. The Hall–Kier alpha value is -2.03. The first kappa shape index (κ1) is 10.1. The minimum Gasteiger partial charge on any atom is -0.397 e. The minimum absolute atomic E-state index is 0.751. The van der Waals surface area contributed by atoms with E-state index in [9.17, 15) is 0 Å². The van der Waals surface area contributed by atoms with Crippen molar-refractivity contribution in [3.8, 4) is 0 Å². The van der Waals surface area contributed by atoms with E-state index in [1.165, 1.54) is 11.3 Å². The van der Waals surface area contributed by atoms with E-state index >= 15 is 0 Å². The van der Waals surface area contributed by atoms with Crippen molar-refractivity contribution in [1.29, 1.82) is 0 Å². The summed E-state index contributed by atoms with van der Waals surface area (Å²) in [7, 11) is 0. The smallest absolute Gasteiger partial charge is 0.133 e. The zero-order valence-corrected chi connectivity index (χ0v) is 9.85. The van der Waals surface area contributed by atoms with Gasteiger partial charge in [-0.2, -0.15) is 0 Å². The maximum atomic E-state index is 5.80. The molecule has 17 heavy (non-hydrogen) atoms. The van der Waals surface area contributed by atoms with Crippen molar-refractivity contribution in [2.24, 2.45) is 0 Å². The standard InChI is InChI=1S/C14H15N3/c1-10-12(15)6-7-14(16-10)17-9-8-11-4-2-3-5-13(11)17/h2-7H,8-9,15H2,1H3. The summed E-state index contributed by atoms with van der Waals surface area (Å²) in [6.45, 7) is 2.94. The van der Waals surface area contributed by atoms with Crippen LogP contribution in [0, 0.1) is 6.92 Å². The first-order chi connectivity index (χ1) is 8.25. The average molecular weight is 225 g/mol. The van der Waals surface area contributed by atoms with Gasteiger partial charge in [0.05, 0.1) is 11.4 Å². The quantitative estimate of drug-likeness (QED) is 0.811. The molecule has 0 unspecified atom stereocenters. The third kappa shape index (κ3) is 1.64. The molecule has 1 aromatic heterocycles. The number of aromatic nitrogens is 1. The summed E-state index contributed by atoms with van der Waals surface area (Å²) < 4.78 is 0. The summed E-state index contributed by atoms with van der Waals surface area (Å²) in [5, 5.41) is 0. The third-order valence-electron chi connectivity index (χ3n) is 3.28. The summed E-state index contributed by atoms with van der Waals surface area (Å²) in [4.78, 5) is 6.81. The highest BCUT2D eigenvalue weighted by Gasteiger charge is 2.20. The zero-order valence-electron chi connectivity index (χ0n) is 9.85. The molecule has 0 amide bonds. The molecule has 0 spiro atoms. The molecule has 0 fully saturated rings. The van der Waals surface area contributed by atoms with Crippen LogP contribution >= 0.6 is 0 Å². The zero-order chi connectivity index (χ0) is 11.8. The number of nitrogen functional groups attached to an aromatic ring is 1. The number of pyridine rings is 1. The van der Waals surface area contributed by atoms with Crippen LogP contribution in [0.5, 0.6) is 0 Å². The van der Waals surface area contributed by atoms with Gasteiger partial charge in [0, 0.05) is 12.2 Å². The summed E-state index contributed by atoms with van der Waals surface area (Å²) in [5.74, 6) is 0.988. The Labute approximate surface area is 101 Å². The molecule has 0 saturated carbocycles. The number of hydrogen-bond donors (Lipinski definition) is 1. The van der Waals surface area contributed by atoms with Crippen LogP contribution in [0.1, 0.15) is 11.3 Å². The van der Waals surface area contributed by atoms with E-state index in [1.807, 2.05) is 19.1 Å². The lowest BCUT2D eigenvalue weighted by molar-refractivity contribution is 0.967. The Morgan fingerprint density at radius 3 is 2.82 bits per heavy atom. The first-order valence-electron chi connectivity index (χ1n) is 5.84. The monoisotopic (exact) mass is 225 g/mol. The number of fused-ring (bicyclic) bond motifs is 1. The summed E-state index contributed by atoms with van der Waals surface area (Å²) in [6.07, 6.45) is 1.08. The molecule has 86 valence electrons. The van der Waals surface area contributed by atoms with Crippen molar-refractivity contribution in [3.63, 3.8) is 0 Å². The number of anilines is 3. The highest BCUT2D eigenvalue weighted by atomic mass is 15.2. The van der Waals surface area contributed by atoms with Crippen LogP contribution in [0.25, 0.3) is 0 Å². The van der Waals surface area contributed by atoms with Gasteiger partial charge in [-0.15, -0.1) is 0 Å². The second-order valence-corrected chi connectivity index (χ2v) is 4.37. The fourth-order valence-electron chi connectivity index (χ4n) is 2.29. The van der Waals surface area contributed by atoms with Crippen LogP contribution in [0.4, 0.5) is 17.2 Å². The lowest BCUT2D eigenvalue weighted by Crippen LogP contribution is -2.15. The Kier molecular flexibility index (Phi) is 2.25. The van der Waals surface area contributed by atoms with Crippen LogP contribution in [-0.4, -0.2) is 11.5 Å². The molecule has 1 aromatic carbocycles. The minimum atomic E-state index is 0.751. The number of rotatable bonds is 1. The molecule has 0 bridgehead atoms. The molecular weight excluding hydrogens is 210 g/mol. The molecule has 0 aliphatic carbocycles. The normalized spacial score (nSPS) is 13.8. The summed E-state index contributed by atoms with van der Waals surface area (Å²) >= 11 is 0. The molecule has 3 rings (SSSR count). The van der Waals surface area contributed by atoms with Crippen LogP contribution in [0.15, 0.2) is 36.4 Å². The van der Waals surface area contributed by atoms with Gasteiger partial charge in [0.2, 0.25) is 0 Å². The summed E-state index contributed by atoms with van der Waals surface area (Å²) in [6, 6.07) is 12.4. The van der Waals surface area contributed by atoms with Crippen LogP contribution in [-0.2, 0) is 6.42 Å². The Morgan fingerprint density at radius 2 is 2.00 bits per heavy atom. The van der Waals surface area contributed by atoms with Gasteiger partial charge in [0.25, 0.3) is 0 Å². The molecule has 0 atom stereocenters. The fraction of sp³-hybridized carbons (Fsp3) is 0.214. The molecule has 3 nitrogen and oxygen atoms in total. The number of hydrogen-bond acceptors (Lipinski definition) is 3. The summed E-state index contributed by atoms with van der Waals surface area (Å²) in [5.41, 5.74) is 10.1. The molecule has 0 radical (unpaired) electrons. The Balaban J connectivity index is 2.04. The highest BCUT2D eigenvalue weighted by Crippen LogP contribution is 2.33. The van der Waals surface area contributed by atoms with Gasteiger partial charge >= 0.3 is 0 Å². The predicted octanol–water partition coefficient (Wildman–Crippen LogP) is 2.67. The second-order valence-electron chi connectivity index (χ2n) is 4.37. The van der Waals surface area contributed by atoms with Crippen molar-refractivity contribution in [2.45, 2.75) is 13.3 Å². The molecular formula is C14H15N3. The predicted molar refractivity (Wildman–Crippen MR) is 70.5 cm³/mol. The maximum absolute atomic E-state index is 5.80. The second kappa shape index (κ2) is 3.77. The van der Waals surface area contributed by atoms with Crippen LogP contribution in [0.3, 0.4) is 0 Å². The topological polar surface area (TPSA) is 42.2 Å². The average Bonchev–Trinajstić information content (AvgIpc) is 2.76.